The van der Waals surface area contributed by atoms with Gasteiger partial charge < -0.3 is 10.1 Å². The van der Waals surface area contributed by atoms with Crippen molar-refractivity contribution in [3.8, 4) is 0 Å². The van der Waals surface area contributed by atoms with Crippen LogP contribution in [-0.4, -0.2) is 25.3 Å². The largest absolute Gasteiger partial charge is 0.378 e. The third kappa shape index (κ3) is 5.53. The van der Waals surface area contributed by atoms with E-state index in [1.807, 2.05) is 0 Å². The molecule has 0 aromatic rings. The maximum atomic E-state index is 5.82. The van der Waals surface area contributed by atoms with Crippen LogP contribution in [0.1, 0.15) is 53.4 Å². The molecular formula is C13H27NO. The number of rotatable bonds is 6. The molecule has 1 saturated carbocycles. The van der Waals surface area contributed by atoms with E-state index in [4.69, 9.17) is 4.74 Å². The first kappa shape index (κ1) is 13.0. The Morgan fingerprint density at radius 2 is 1.93 bits per heavy atom. The fourth-order valence-electron chi connectivity index (χ4n) is 1.75. The lowest BCUT2D eigenvalue weighted by Crippen LogP contribution is -2.45. The van der Waals surface area contributed by atoms with Crippen molar-refractivity contribution in [2.24, 2.45) is 5.41 Å². The van der Waals surface area contributed by atoms with E-state index in [9.17, 15) is 0 Å². The SMILES string of the molecule is CCCNC1CC(OCCC(C)(C)C)C1. The van der Waals surface area contributed by atoms with Crippen molar-refractivity contribution in [3.63, 3.8) is 0 Å². The number of nitrogens with one attached hydrogen (secondary N) is 1. The van der Waals surface area contributed by atoms with Crippen LogP contribution in [0.4, 0.5) is 0 Å². The van der Waals surface area contributed by atoms with Crippen LogP contribution in [0.15, 0.2) is 0 Å². The first-order chi connectivity index (χ1) is 7.01. The lowest BCUT2D eigenvalue weighted by molar-refractivity contribution is -0.0250. The van der Waals surface area contributed by atoms with Crippen LogP contribution in [0.5, 0.6) is 0 Å². The summed E-state index contributed by atoms with van der Waals surface area (Å²) in [6, 6.07) is 0.726. The number of ether oxygens (including phenoxy) is 1. The van der Waals surface area contributed by atoms with Crippen molar-refractivity contribution in [2.45, 2.75) is 65.5 Å². The van der Waals surface area contributed by atoms with E-state index in [-0.39, 0.29) is 0 Å². The van der Waals surface area contributed by atoms with Gasteiger partial charge in [0, 0.05) is 12.6 Å². The van der Waals surface area contributed by atoms with Crippen LogP contribution >= 0.6 is 0 Å². The lowest BCUT2D eigenvalue weighted by atomic mass is 9.88. The Morgan fingerprint density at radius 3 is 2.47 bits per heavy atom. The molecule has 0 aliphatic heterocycles. The highest BCUT2D eigenvalue weighted by molar-refractivity contribution is 4.85. The van der Waals surface area contributed by atoms with Crippen molar-refractivity contribution >= 4 is 0 Å². The molecule has 2 nitrogen and oxygen atoms in total. The third-order valence-corrected chi connectivity index (χ3v) is 2.98. The minimum Gasteiger partial charge on any atom is -0.378 e. The maximum Gasteiger partial charge on any atom is 0.0604 e. The maximum absolute atomic E-state index is 5.82. The Hall–Kier alpha value is -0.0800. The number of hydrogen-bond acceptors (Lipinski definition) is 2. The van der Waals surface area contributed by atoms with Gasteiger partial charge in [-0.15, -0.1) is 0 Å². The molecular weight excluding hydrogens is 186 g/mol. The molecule has 0 spiro atoms. The molecule has 0 bridgehead atoms. The molecule has 0 unspecified atom stereocenters. The summed E-state index contributed by atoms with van der Waals surface area (Å²) in [6.45, 7) is 11.1. The van der Waals surface area contributed by atoms with Gasteiger partial charge in [-0.1, -0.05) is 27.7 Å². The van der Waals surface area contributed by atoms with E-state index in [2.05, 4.69) is 33.0 Å². The molecule has 0 heterocycles. The van der Waals surface area contributed by atoms with E-state index in [0.29, 0.717) is 11.5 Å². The summed E-state index contributed by atoms with van der Waals surface area (Å²) in [4.78, 5) is 0. The highest BCUT2D eigenvalue weighted by Gasteiger charge is 2.29. The molecule has 0 aromatic heterocycles. The fourth-order valence-corrected chi connectivity index (χ4v) is 1.75. The second-order valence-corrected chi connectivity index (χ2v) is 5.93. The van der Waals surface area contributed by atoms with Gasteiger partial charge in [-0.25, -0.2) is 0 Å². The summed E-state index contributed by atoms with van der Waals surface area (Å²) < 4.78 is 5.82. The van der Waals surface area contributed by atoms with Gasteiger partial charge in [-0.3, -0.25) is 0 Å². The minimum absolute atomic E-state index is 0.406. The van der Waals surface area contributed by atoms with Crippen molar-refractivity contribution in [3.05, 3.63) is 0 Å². The predicted molar refractivity (Wildman–Crippen MR) is 65.1 cm³/mol. The zero-order chi connectivity index (χ0) is 11.3. The van der Waals surface area contributed by atoms with Gasteiger partial charge in [0.1, 0.15) is 0 Å². The zero-order valence-corrected chi connectivity index (χ0v) is 10.8. The van der Waals surface area contributed by atoms with Crippen molar-refractivity contribution in [1.29, 1.82) is 0 Å². The van der Waals surface area contributed by atoms with E-state index >= 15 is 0 Å². The summed E-state index contributed by atoms with van der Waals surface area (Å²) in [5.74, 6) is 0. The quantitative estimate of drug-likeness (QED) is 0.732. The minimum atomic E-state index is 0.406. The Labute approximate surface area is 94.8 Å². The molecule has 2 heteroatoms. The summed E-state index contributed by atoms with van der Waals surface area (Å²) in [6.07, 6.45) is 5.35. The molecule has 15 heavy (non-hydrogen) atoms. The van der Waals surface area contributed by atoms with Gasteiger partial charge in [0.15, 0.2) is 0 Å². The Kier molecular flexibility index (Phi) is 5.07. The monoisotopic (exact) mass is 213 g/mol. The van der Waals surface area contributed by atoms with Gasteiger partial charge >= 0.3 is 0 Å². The average Bonchev–Trinajstić information content (AvgIpc) is 2.05. The van der Waals surface area contributed by atoms with E-state index in [1.165, 1.54) is 19.3 Å². The van der Waals surface area contributed by atoms with Crippen LogP contribution in [0.25, 0.3) is 0 Å². The third-order valence-electron chi connectivity index (χ3n) is 2.98. The van der Waals surface area contributed by atoms with Gasteiger partial charge in [0.25, 0.3) is 0 Å². The van der Waals surface area contributed by atoms with Crippen LogP contribution < -0.4 is 5.32 Å². The summed E-state index contributed by atoms with van der Waals surface area (Å²) in [5.41, 5.74) is 0.406. The highest BCUT2D eigenvalue weighted by atomic mass is 16.5. The molecule has 0 saturated heterocycles. The van der Waals surface area contributed by atoms with Gasteiger partial charge in [-0.05, 0) is 37.6 Å². The van der Waals surface area contributed by atoms with Gasteiger partial charge in [0.2, 0.25) is 0 Å². The molecule has 90 valence electrons. The topological polar surface area (TPSA) is 21.3 Å². The predicted octanol–water partition coefficient (Wildman–Crippen LogP) is 2.97. The first-order valence-corrected chi connectivity index (χ1v) is 6.36. The summed E-state index contributed by atoms with van der Waals surface area (Å²) >= 11 is 0. The Balaban J connectivity index is 1.94. The Morgan fingerprint density at radius 1 is 1.27 bits per heavy atom. The van der Waals surface area contributed by atoms with Crippen LogP contribution in [0.3, 0.4) is 0 Å². The van der Waals surface area contributed by atoms with E-state index in [0.717, 1.165) is 25.6 Å². The van der Waals surface area contributed by atoms with Crippen molar-refractivity contribution in [1.82, 2.24) is 5.32 Å². The smallest absolute Gasteiger partial charge is 0.0604 e. The van der Waals surface area contributed by atoms with E-state index < -0.39 is 0 Å². The lowest BCUT2D eigenvalue weighted by Gasteiger charge is -2.36. The van der Waals surface area contributed by atoms with Crippen molar-refractivity contribution in [2.75, 3.05) is 13.2 Å². The highest BCUT2D eigenvalue weighted by Crippen LogP contribution is 2.25. The molecule has 0 radical (unpaired) electrons. The van der Waals surface area contributed by atoms with Crippen LogP contribution in [0, 0.1) is 5.41 Å². The standard InChI is InChI=1S/C13H27NO/c1-5-7-14-11-9-12(10-11)15-8-6-13(2,3)4/h11-12,14H,5-10H2,1-4H3. The molecule has 0 aromatic carbocycles. The first-order valence-electron chi connectivity index (χ1n) is 6.36. The van der Waals surface area contributed by atoms with Crippen LogP contribution in [-0.2, 0) is 4.74 Å². The molecule has 0 atom stereocenters. The molecule has 0 amide bonds. The zero-order valence-electron chi connectivity index (χ0n) is 10.8. The molecule has 1 fully saturated rings. The Bertz CT molecular complexity index is 168. The summed E-state index contributed by atoms with van der Waals surface area (Å²) in [5, 5.41) is 3.53. The molecule has 1 rings (SSSR count). The fraction of sp³-hybridized carbons (Fsp3) is 1.00. The molecule has 1 N–H and O–H groups in total. The average molecular weight is 213 g/mol. The van der Waals surface area contributed by atoms with Crippen molar-refractivity contribution < 1.29 is 4.74 Å². The number of hydrogen-bond donors (Lipinski definition) is 1. The van der Waals surface area contributed by atoms with Gasteiger partial charge in [-0.2, -0.15) is 0 Å². The normalized spacial score (nSPS) is 26.4. The second kappa shape index (κ2) is 5.86. The molecule has 1 aliphatic rings. The second-order valence-electron chi connectivity index (χ2n) is 5.93. The molecule has 1 aliphatic carbocycles. The van der Waals surface area contributed by atoms with Crippen LogP contribution in [0.2, 0.25) is 0 Å². The van der Waals surface area contributed by atoms with Gasteiger partial charge in [0.05, 0.1) is 6.10 Å². The van der Waals surface area contributed by atoms with E-state index in [1.54, 1.807) is 0 Å². The summed E-state index contributed by atoms with van der Waals surface area (Å²) in [7, 11) is 0.